The van der Waals surface area contributed by atoms with Gasteiger partial charge in [-0.3, -0.25) is 4.99 Å². The summed E-state index contributed by atoms with van der Waals surface area (Å²) in [7, 11) is 0. The van der Waals surface area contributed by atoms with Crippen molar-refractivity contribution in [3.63, 3.8) is 0 Å². The van der Waals surface area contributed by atoms with E-state index in [1.54, 1.807) is 0 Å². The highest BCUT2D eigenvalue weighted by molar-refractivity contribution is 5.85. The fourth-order valence-electron chi connectivity index (χ4n) is 3.71. The number of unbranched alkanes of at least 4 members (excludes halogenated alkanes) is 13. The number of hydrogen-bond donors (Lipinski definition) is 1. The zero-order valence-electron chi connectivity index (χ0n) is 17.6. The molecule has 1 heterocycles. The van der Waals surface area contributed by atoms with Crippen molar-refractivity contribution in [2.45, 2.75) is 103 Å². The topological polar surface area (TPSA) is 41.6 Å². The van der Waals surface area contributed by atoms with E-state index in [2.05, 4.69) is 29.0 Å². The molecule has 3 heteroatoms. The second kappa shape index (κ2) is 17.6. The van der Waals surface area contributed by atoms with Crippen LogP contribution in [-0.4, -0.2) is 36.9 Å². The van der Waals surface area contributed by atoms with Crippen molar-refractivity contribution < 1.29 is 0 Å². The Morgan fingerprint density at radius 1 is 0.846 bits per heavy atom. The number of hydrogen-bond acceptors (Lipinski definition) is 3. The predicted molar refractivity (Wildman–Crippen MR) is 117 cm³/mol. The van der Waals surface area contributed by atoms with Crippen LogP contribution >= 0.6 is 0 Å². The molecule has 1 rings (SSSR count). The molecule has 26 heavy (non-hydrogen) atoms. The van der Waals surface area contributed by atoms with Crippen molar-refractivity contribution >= 4 is 5.84 Å². The van der Waals surface area contributed by atoms with Crippen LogP contribution in [0.5, 0.6) is 0 Å². The van der Waals surface area contributed by atoms with Crippen LogP contribution < -0.4 is 5.73 Å². The van der Waals surface area contributed by atoms with Crippen molar-refractivity contribution in [2.24, 2.45) is 10.7 Å². The van der Waals surface area contributed by atoms with Crippen molar-refractivity contribution in [3.8, 4) is 0 Å². The quantitative estimate of drug-likeness (QED) is 0.236. The van der Waals surface area contributed by atoms with E-state index in [4.69, 9.17) is 5.73 Å². The number of amidine groups is 1. The maximum atomic E-state index is 5.65. The van der Waals surface area contributed by atoms with Gasteiger partial charge in [-0.25, -0.2) is 0 Å². The van der Waals surface area contributed by atoms with Crippen molar-refractivity contribution in [1.82, 2.24) is 4.90 Å². The van der Waals surface area contributed by atoms with Crippen LogP contribution in [0.1, 0.15) is 103 Å². The van der Waals surface area contributed by atoms with Crippen molar-refractivity contribution in [1.29, 1.82) is 0 Å². The first-order chi connectivity index (χ1) is 12.9. The molecule has 0 amide bonds. The van der Waals surface area contributed by atoms with Crippen LogP contribution in [0.25, 0.3) is 0 Å². The first-order valence-electron chi connectivity index (χ1n) is 11.5. The summed E-state index contributed by atoms with van der Waals surface area (Å²) in [6, 6.07) is 0. The SMILES string of the molecule is CCCCCCCCCCCCCCC/C=C/CC1=NCCN1CCN. The first-order valence-corrected chi connectivity index (χ1v) is 11.5. The highest BCUT2D eigenvalue weighted by Crippen LogP contribution is 2.13. The van der Waals surface area contributed by atoms with Gasteiger partial charge in [-0.1, -0.05) is 96.1 Å². The molecule has 0 saturated carbocycles. The maximum absolute atomic E-state index is 5.65. The highest BCUT2D eigenvalue weighted by Gasteiger charge is 2.13. The molecule has 0 aromatic heterocycles. The van der Waals surface area contributed by atoms with E-state index >= 15 is 0 Å². The fraction of sp³-hybridized carbons (Fsp3) is 0.870. The Hall–Kier alpha value is -0.830. The number of allylic oxidation sites excluding steroid dienone is 1. The standard InChI is InChI=1S/C23H45N3/c1-2-3-4-5-6-7-8-9-10-11-12-13-14-15-16-17-18-23-25-20-22-26(23)21-19-24/h16-17H,2-15,18-22,24H2,1H3/b17-16+. The third-order valence-electron chi connectivity index (χ3n) is 5.37. The van der Waals surface area contributed by atoms with Gasteiger partial charge in [0.15, 0.2) is 0 Å². The summed E-state index contributed by atoms with van der Waals surface area (Å²) in [4.78, 5) is 6.91. The Morgan fingerprint density at radius 3 is 2.00 bits per heavy atom. The third kappa shape index (κ3) is 12.5. The molecule has 0 aromatic carbocycles. The molecule has 0 unspecified atom stereocenters. The van der Waals surface area contributed by atoms with E-state index in [1.807, 2.05) is 0 Å². The third-order valence-corrected chi connectivity index (χ3v) is 5.37. The van der Waals surface area contributed by atoms with Crippen LogP contribution in [0.3, 0.4) is 0 Å². The monoisotopic (exact) mass is 363 g/mol. The van der Waals surface area contributed by atoms with Crippen LogP contribution in [0.4, 0.5) is 0 Å². The average molecular weight is 364 g/mol. The van der Waals surface area contributed by atoms with Gasteiger partial charge in [0.25, 0.3) is 0 Å². The predicted octanol–water partition coefficient (Wildman–Crippen LogP) is 6.09. The van der Waals surface area contributed by atoms with E-state index in [1.165, 1.54) is 95.7 Å². The normalized spacial score (nSPS) is 14.5. The minimum atomic E-state index is 0.724. The Bertz CT molecular complexity index is 362. The molecule has 1 aliphatic rings. The van der Waals surface area contributed by atoms with Gasteiger partial charge >= 0.3 is 0 Å². The van der Waals surface area contributed by atoms with Gasteiger partial charge in [0.2, 0.25) is 0 Å². The van der Waals surface area contributed by atoms with E-state index in [0.717, 1.165) is 32.6 Å². The summed E-state index contributed by atoms with van der Waals surface area (Å²) in [5.74, 6) is 1.23. The number of nitrogens with zero attached hydrogens (tertiary/aromatic N) is 2. The largest absolute Gasteiger partial charge is 0.357 e. The van der Waals surface area contributed by atoms with E-state index in [-0.39, 0.29) is 0 Å². The Morgan fingerprint density at radius 2 is 1.42 bits per heavy atom. The zero-order valence-corrected chi connectivity index (χ0v) is 17.6. The second-order valence-corrected chi connectivity index (χ2v) is 7.78. The van der Waals surface area contributed by atoms with Crippen LogP contribution in [-0.2, 0) is 0 Å². The van der Waals surface area contributed by atoms with E-state index in [0.29, 0.717) is 0 Å². The summed E-state index contributed by atoms with van der Waals surface area (Å²) in [5, 5.41) is 0. The molecule has 0 fully saturated rings. The summed E-state index contributed by atoms with van der Waals surface area (Å²) < 4.78 is 0. The Kier molecular flexibility index (Phi) is 15.7. The summed E-state index contributed by atoms with van der Waals surface area (Å²) in [6.45, 7) is 5.97. The Balaban J connectivity index is 1.81. The van der Waals surface area contributed by atoms with Gasteiger partial charge in [-0.05, 0) is 12.8 Å². The molecule has 0 saturated heterocycles. The fourth-order valence-corrected chi connectivity index (χ4v) is 3.71. The molecule has 152 valence electrons. The summed E-state index contributed by atoms with van der Waals surface area (Å²) in [5.41, 5.74) is 5.65. The zero-order chi connectivity index (χ0) is 18.7. The molecule has 0 atom stereocenters. The van der Waals surface area contributed by atoms with E-state index < -0.39 is 0 Å². The molecule has 0 radical (unpaired) electrons. The molecule has 0 spiro atoms. The molecule has 3 nitrogen and oxygen atoms in total. The minimum Gasteiger partial charge on any atom is -0.357 e. The first kappa shape index (κ1) is 23.2. The number of rotatable bonds is 18. The van der Waals surface area contributed by atoms with Gasteiger partial charge in [0.05, 0.1) is 6.54 Å². The number of aliphatic imine (C=N–C) groups is 1. The van der Waals surface area contributed by atoms with Crippen LogP contribution in [0.2, 0.25) is 0 Å². The molecule has 1 aliphatic heterocycles. The van der Waals surface area contributed by atoms with Gasteiger partial charge in [0.1, 0.15) is 5.84 Å². The van der Waals surface area contributed by atoms with Crippen molar-refractivity contribution in [2.75, 3.05) is 26.2 Å². The lowest BCUT2D eigenvalue weighted by molar-refractivity contribution is 0.462. The van der Waals surface area contributed by atoms with Crippen molar-refractivity contribution in [3.05, 3.63) is 12.2 Å². The van der Waals surface area contributed by atoms with Crippen LogP contribution in [0.15, 0.2) is 17.1 Å². The second-order valence-electron chi connectivity index (χ2n) is 7.78. The highest BCUT2D eigenvalue weighted by atomic mass is 15.2. The summed E-state index contributed by atoms with van der Waals surface area (Å²) in [6.07, 6.45) is 25.4. The van der Waals surface area contributed by atoms with Gasteiger partial charge < -0.3 is 10.6 Å². The molecule has 0 aromatic rings. The molecule has 0 bridgehead atoms. The van der Waals surface area contributed by atoms with Crippen LogP contribution in [0, 0.1) is 0 Å². The van der Waals surface area contributed by atoms with E-state index in [9.17, 15) is 0 Å². The minimum absolute atomic E-state index is 0.724. The smallest absolute Gasteiger partial charge is 0.103 e. The van der Waals surface area contributed by atoms with Gasteiger partial charge in [0, 0.05) is 26.1 Å². The average Bonchev–Trinajstić information content (AvgIpc) is 3.09. The molecular weight excluding hydrogens is 318 g/mol. The summed E-state index contributed by atoms with van der Waals surface area (Å²) >= 11 is 0. The van der Waals surface area contributed by atoms with Gasteiger partial charge in [-0.2, -0.15) is 0 Å². The molecular formula is C23H45N3. The lowest BCUT2D eigenvalue weighted by Gasteiger charge is -2.18. The Labute approximate surface area is 163 Å². The van der Waals surface area contributed by atoms with Gasteiger partial charge in [-0.15, -0.1) is 0 Å². The molecule has 0 aliphatic carbocycles. The lowest BCUT2D eigenvalue weighted by atomic mass is 10.0. The lowest BCUT2D eigenvalue weighted by Crippen LogP contribution is -2.32. The number of nitrogens with two attached hydrogens (primary N) is 1. The maximum Gasteiger partial charge on any atom is 0.103 e. The molecule has 2 N–H and O–H groups in total.